The van der Waals surface area contributed by atoms with Gasteiger partial charge in [-0.15, -0.1) is 10.2 Å². The van der Waals surface area contributed by atoms with Crippen molar-refractivity contribution < 1.29 is 0 Å². The van der Waals surface area contributed by atoms with Crippen LogP contribution < -0.4 is 4.90 Å². The summed E-state index contributed by atoms with van der Waals surface area (Å²) in [5.41, 5.74) is 12.2. The number of rotatable bonds is 7. The summed E-state index contributed by atoms with van der Waals surface area (Å²) in [7, 11) is 0. The Bertz CT molecular complexity index is 2560. The SMILES string of the molecule is Cc1cc(C)cc(-n2c(-c3ccccc3)nnc2-c2ccc(N(c3ccccc3)c3ccc(-n4c5ccccc5c5ccccc54)cc3)cc2)c1. The van der Waals surface area contributed by atoms with Crippen LogP contribution in [0.4, 0.5) is 17.1 Å². The third-order valence-corrected chi connectivity index (χ3v) is 9.50. The number of aromatic nitrogens is 4. The molecule has 2 heterocycles. The highest BCUT2D eigenvalue weighted by Gasteiger charge is 2.19. The minimum atomic E-state index is 0.798. The van der Waals surface area contributed by atoms with Crippen LogP contribution in [-0.4, -0.2) is 19.3 Å². The number of para-hydroxylation sites is 3. The van der Waals surface area contributed by atoms with Crippen molar-refractivity contribution in [2.75, 3.05) is 4.90 Å². The van der Waals surface area contributed by atoms with Crippen molar-refractivity contribution in [3.63, 3.8) is 0 Å². The van der Waals surface area contributed by atoms with E-state index in [1.165, 1.54) is 32.9 Å². The summed E-state index contributed by atoms with van der Waals surface area (Å²) in [5, 5.41) is 12.0. The lowest BCUT2D eigenvalue weighted by molar-refractivity contribution is 1.06. The second-order valence-corrected chi connectivity index (χ2v) is 13.0. The van der Waals surface area contributed by atoms with Crippen LogP contribution in [0.15, 0.2) is 176 Å². The molecular formula is C46H35N5. The highest BCUT2D eigenvalue weighted by atomic mass is 15.3. The molecule has 51 heavy (non-hydrogen) atoms. The number of fused-ring (bicyclic) bond motifs is 3. The van der Waals surface area contributed by atoms with Crippen LogP contribution in [0.25, 0.3) is 56.0 Å². The van der Waals surface area contributed by atoms with E-state index in [9.17, 15) is 0 Å². The highest BCUT2D eigenvalue weighted by molar-refractivity contribution is 6.09. The Morgan fingerprint density at radius 2 is 0.843 bits per heavy atom. The average Bonchev–Trinajstić information content (AvgIpc) is 3.77. The van der Waals surface area contributed by atoms with Gasteiger partial charge in [0, 0.05) is 50.3 Å². The summed E-state index contributed by atoms with van der Waals surface area (Å²) in [6.07, 6.45) is 0. The van der Waals surface area contributed by atoms with Crippen molar-refractivity contribution in [1.82, 2.24) is 19.3 Å². The van der Waals surface area contributed by atoms with Gasteiger partial charge in [0.25, 0.3) is 0 Å². The number of benzene rings is 7. The summed E-state index contributed by atoms with van der Waals surface area (Å²) in [6, 6.07) is 62.1. The molecule has 0 N–H and O–H groups in total. The van der Waals surface area contributed by atoms with Gasteiger partial charge in [-0.3, -0.25) is 4.57 Å². The molecule has 0 fully saturated rings. The molecule has 0 unspecified atom stereocenters. The van der Waals surface area contributed by atoms with Crippen LogP contribution in [0.2, 0.25) is 0 Å². The van der Waals surface area contributed by atoms with Crippen LogP contribution in [0.5, 0.6) is 0 Å². The zero-order valence-corrected chi connectivity index (χ0v) is 28.5. The maximum atomic E-state index is 4.76. The Labute approximate surface area is 297 Å². The predicted octanol–water partition coefficient (Wildman–Crippen LogP) is 11.8. The van der Waals surface area contributed by atoms with Gasteiger partial charge in [0.15, 0.2) is 11.6 Å². The van der Waals surface area contributed by atoms with E-state index in [-0.39, 0.29) is 0 Å². The first-order chi connectivity index (χ1) is 25.1. The third kappa shape index (κ3) is 5.45. The molecule has 9 aromatic rings. The molecule has 5 heteroatoms. The van der Waals surface area contributed by atoms with E-state index >= 15 is 0 Å². The van der Waals surface area contributed by atoms with E-state index in [1.54, 1.807) is 0 Å². The second kappa shape index (κ2) is 12.6. The number of nitrogens with zero attached hydrogens (tertiary/aromatic N) is 5. The van der Waals surface area contributed by atoms with Crippen molar-refractivity contribution >= 4 is 38.9 Å². The van der Waals surface area contributed by atoms with E-state index < -0.39 is 0 Å². The first kappa shape index (κ1) is 30.3. The molecule has 0 aliphatic carbocycles. The van der Waals surface area contributed by atoms with Crippen LogP contribution in [0.3, 0.4) is 0 Å². The lowest BCUT2D eigenvalue weighted by atomic mass is 10.1. The monoisotopic (exact) mass is 657 g/mol. The molecule has 0 aliphatic heterocycles. The van der Waals surface area contributed by atoms with Gasteiger partial charge >= 0.3 is 0 Å². The molecule has 5 nitrogen and oxygen atoms in total. The predicted molar refractivity (Wildman–Crippen MR) is 211 cm³/mol. The number of hydrogen-bond donors (Lipinski definition) is 0. The van der Waals surface area contributed by atoms with Crippen LogP contribution in [-0.2, 0) is 0 Å². The van der Waals surface area contributed by atoms with E-state index in [0.29, 0.717) is 0 Å². The summed E-state index contributed by atoms with van der Waals surface area (Å²) in [5.74, 6) is 1.61. The standard InChI is InChI=1S/C46H35N5/c1-32-29-33(2)31-40(30-32)51-45(34-13-5-3-6-14-34)47-48-46(51)35-21-23-37(24-22-35)49(36-15-7-4-8-16-36)38-25-27-39(28-26-38)50-43-19-11-9-17-41(43)42-18-10-12-20-44(42)50/h3-31H,1-2H3. The molecule has 0 bridgehead atoms. The summed E-state index contributed by atoms with van der Waals surface area (Å²) in [6.45, 7) is 4.26. The Kier molecular flexibility index (Phi) is 7.51. The van der Waals surface area contributed by atoms with Crippen LogP contribution in [0, 0.1) is 13.8 Å². The quantitative estimate of drug-likeness (QED) is 0.171. The largest absolute Gasteiger partial charge is 0.311 e. The second-order valence-electron chi connectivity index (χ2n) is 13.0. The van der Waals surface area contributed by atoms with Crippen molar-refractivity contribution in [3.8, 4) is 34.2 Å². The molecule has 0 spiro atoms. The maximum Gasteiger partial charge on any atom is 0.168 e. The molecule has 0 aliphatic rings. The fraction of sp³-hybridized carbons (Fsp3) is 0.0435. The first-order valence-corrected chi connectivity index (χ1v) is 17.3. The Morgan fingerprint density at radius 3 is 1.41 bits per heavy atom. The summed E-state index contributed by atoms with van der Waals surface area (Å²) >= 11 is 0. The van der Waals surface area contributed by atoms with Gasteiger partial charge in [0.1, 0.15) is 0 Å². The first-order valence-electron chi connectivity index (χ1n) is 17.3. The van der Waals surface area contributed by atoms with Gasteiger partial charge in [-0.1, -0.05) is 91.0 Å². The molecule has 0 saturated heterocycles. The van der Waals surface area contributed by atoms with Gasteiger partial charge in [-0.05, 0) is 110 Å². The number of aryl methyl sites for hydroxylation is 2. The number of hydrogen-bond acceptors (Lipinski definition) is 3. The molecule has 244 valence electrons. The van der Waals surface area contributed by atoms with Crippen molar-refractivity contribution in [1.29, 1.82) is 0 Å². The minimum Gasteiger partial charge on any atom is -0.311 e. The average molecular weight is 658 g/mol. The van der Waals surface area contributed by atoms with Crippen molar-refractivity contribution in [2.45, 2.75) is 13.8 Å². The Balaban J connectivity index is 1.13. The summed E-state index contributed by atoms with van der Waals surface area (Å²) in [4.78, 5) is 2.30. The van der Waals surface area contributed by atoms with E-state index in [0.717, 1.165) is 51.2 Å². The molecular weight excluding hydrogens is 623 g/mol. The molecule has 0 amide bonds. The van der Waals surface area contributed by atoms with Gasteiger partial charge in [0.05, 0.1) is 11.0 Å². The van der Waals surface area contributed by atoms with E-state index in [4.69, 9.17) is 10.2 Å². The topological polar surface area (TPSA) is 38.9 Å². The zero-order chi connectivity index (χ0) is 34.3. The maximum absolute atomic E-state index is 4.76. The molecule has 9 rings (SSSR count). The van der Waals surface area contributed by atoms with Crippen LogP contribution >= 0.6 is 0 Å². The lowest BCUT2D eigenvalue weighted by Gasteiger charge is -2.26. The minimum absolute atomic E-state index is 0.798. The normalized spacial score (nSPS) is 11.3. The lowest BCUT2D eigenvalue weighted by Crippen LogP contribution is -2.10. The molecule has 0 saturated carbocycles. The molecule has 0 radical (unpaired) electrons. The summed E-state index contributed by atoms with van der Waals surface area (Å²) < 4.78 is 4.53. The Morgan fingerprint density at radius 1 is 0.392 bits per heavy atom. The smallest absolute Gasteiger partial charge is 0.168 e. The van der Waals surface area contributed by atoms with E-state index in [1.807, 2.05) is 18.2 Å². The van der Waals surface area contributed by atoms with Gasteiger partial charge < -0.3 is 9.47 Å². The van der Waals surface area contributed by atoms with Gasteiger partial charge in [0.2, 0.25) is 0 Å². The highest BCUT2D eigenvalue weighted by Crippen LogP contribution is 2.38. The van der Waals surface area contributed by atoms with Gasteiger partial charge in [-0.2, -0.15) is 0 Å². The fourth-order valence-corrected chi connectivity index (χ4v) is 7.31. The third-order valence-electron chi connectivity index (χ3n) is 9.50. The zero-order valence-electron chi connectivity index (χ0n) is 28.5. The van der Waals surface area contributed by atoms with Crippen molar-refractivity contribution in [3.05, 3.63) is 187 Å². The number of anilines is 3. The fourth-order valence-electron chi connectivity index (χ4n) is 7.31. The van der Waals surface area contributed by atoms with Crippen LogP contribution in [0.1, 0.15) is 11.1 Å². The van der Waals surface area contributed by atoms with Gasteiger partial charge in [-0.25, -0.2) is 0 Å². The molecule has 2 aromatic heterocycles. The molecule has 0 atom stereocenters. The Hall–Kier alpha value is -6.72. The van der Waals surface area contributed by atoms with Crippen molar-refractivity contribution in [2.24, 2.45) is 0 Å². The molecule has 7 aromatic carbocycles. The van der Waals surface area contributed by atoms with E-state index in [2.05, 4.69) is 186 Å².